The summed E-state index contributed by atoms with van der Waals surface area (Å²) >= 11 is 19.2. The molecule has 140 valence electrons. The molecular formula is C19H14Cl4N2OS. The summed E-state index contributed by atoms with van der Waals surface area (Å²) in [6.07, 6.45) is 1.49. The average molecular weight is 460 g/mol. The summed E-state index contributed by atoms with van der Waals surface area (Å²) in [7, 11) is 0. The van der Waals surface area contributed by atoms with Crippen molar-refractivity contribution < 1.29 is 4.79 Å². The van der Waals surface area contributed by atoms with Gasteiger partial charge in [-0.05, 0) is 54.1 Å². The number of anilines is 1. The van der Waals surface area contributed by atoms with Crippen LogP contribution in [0.5, 0.6) is 0 Å². The van der Waals surface area contributed by atoms with Gasteiger partial charge < -0.3 is 5.32 Å². The highest BCUT2D eigenvalue weighted by molar-refractivity contribution is 8.00. The van der Waals surface area contributed by atoms with E-state index in [4.69, 9.17) is 34.8 Å². The number of hydrogen-bond donors (Lipinski definition) is 1. The predicted molar refractivity (Wildman–Crippen MR) is 117 cm³/mol. The van der Waals surface area contributed by atoms with Crippen LogP contribution in [0.2, 0.25) is 15.1 Å². The number of nitrogens with one attached hydrogen (secondary N) is 1. The number of halogens is 4. The maximum absolute atomic E-state index is 12.9. The van der Waals surface area contributed by atoms with Crippen molar-refractivity contribution in [1.29, 1.82) is 0 Å². The van der Waals surface area contributed by atoms with Gasteiger partial charge in [-0.25, -0.2) is 4.98 Å². The third-order valence-electron chi connectivity index (χ3n) is 3.46. The van der Waals surface area contributed by atoms with E-state index < -0.39 is 5.25 Å². The monoisotopic (exact) mass is 458 g/mol. The highest BCUT2D eigenvalue weighted by Crippen LogP contribution is 2.37. The SMILES string of the molecule is Cl.O=C(Nc1ccc(Cl)cn1)C(Sc1ccc(Cl)cc1)c1ccc(Cl)cc1. The largest absolute Gasteiger partial charge is 0.309 e. The molecule has 0 aliphatic rings. The Morgan fingerprint density at radius 2 is 1.41 bits per heavy atom. The smallest absolute Gasteiger partial charge is 0.243 e. The van der Waals surface area contributed by atoms with Gasteiger partial charge in [0.15, 0.2) is 0 Å². The lowest BCUT2D eigenvalue weighted by Gasteiger charge is -2.17. The van der Waals surface area contributed by atoms with Gasteiger partial charge in [-0.15, -0.1) is 24.2 Å². The van der Waals surface area contributed by atoms with Crippen molar-refractivity contribution in [2.75, 3.05) is 5.32 Å². The highest BCUT2D eigenvalue weighted by Gasteiger charge is 2.22. The summed E-state index contributed by atoms with van der Waals surface area (Å²) < 4.78 is 0. The summed E-state index contributed by atoms with van der Waals surface area (Å²) in [5, 5.41) is 4.11. The number of amides is 1. The summed E-state index contributed by atoms with van der Waals surface area (Å²) in [5.74, 6) is 0.247. The average Bonchev–Trinajstić information content (AvgIpc) is 2.64. The van der Waals surface area contributed by atoms with Crippen molar-refractivity contribution in [3.63, 3.8) is 0 Å². The zero-order valence-corrected chi connectivity index (χ0v) is 17.6. The van der Waals surface area contributed by atoms with Gasteiger partial charge in [-0.3, -0.25) is 4.79 Å². The molecule has 1 aromatic heterocycles. The van der Waals surface area contributed by atoms with Crippen LogP contribution in [0.15, 0.2) is 71.8 Å². The minimum atomic E-state index is -0.481. The second-order valence-corrected chi connectivity index (χ2v) is 7.84. The number of hydrogen-bond acceptors (Lipinski definition) is 3. The number of carbonyl (C=O) groups excluding carboxylic acids is 1. The molecule has 0 aliphatic carbocycles. The lowest BCUT2D eigenvalue weighted by molar-refractivity contribution is -0.115. The summed E-state index contributed by atoms with van der Waals surface area (Å²) in [5.41, 5.74) is 0.834. The van der Waals surface area contributed by atoms with E-state index >= 15 is 0 Å². The van der Waals surface area contributed by atoms with E-state index in [-0.39, 0.29) is 18.3 Å². The molecule has 1 atom stereocenters. The number of rotatable bonds is 5. The third kappa shape index (κ3) is 6.30. The van der Waals surface area contributed by atoms with Crippen LogP contribution in [-0.4, -0.2) is 10.9 Å². The summed E-state index contributed by atoms with van der Waals surface area (Å²) in [6.45, 7) is 0. The van der Waals surface area contributed by atoms with Crippen molar-refractivity contribution >= 4 is 70.7 Å². The predicted octanol–water partition coefficient (Wildman–Crippen LogP) is 6.94. The van der Waals surface area contributed by atoms with Crippen molar-refractivity contribution in [2.45, 2.75) is 10.1 Å². The van der Waals surface area contributed by atoms with E-state index in [0.29, 0.717) is 20.9 Å². The van der Waals surface area contributed by atoms with Gasteiger partial charge in [-0.1, -0.05) is 46.9 Å². The summed E-state index contributed by atoms with van der Waals surface area (Å²) in [6, 6.07) is 17.9. The fourth-order valence-corrected chi connectivity index (χ4v) is 3.59. The number of pyridine rings is 1. The fourth-order valence-electron chi connectivity index (χ4n) is 2.20. The molecule has 0 fully saturated rings. The zero-order valence-electron chi connectivity index (χ0n) is 13.7. The van der Waals surface area contributed by atoms with E-state index in [1.807, 2.05) is 24.3 Å². The molecule has 0 saturated heterocycles. The number of carbonyl (C=O) groups is 1. The zero-order chi connectivity index (χ0) is 18.5. The Bertz CT molecular complexity index is 887. The Morgan fingerprint density at radius 1 is 0.852 bits per heavy atom. The van der Waals surface area contributed by atoms with Crippen LogP contribution in [0.3, 0.4) is 0 Å². The van der Waals surface area contributed by atoms with Crippen molar-refractivity contribution in [2.24, 2.45) is 0 Å². The number of benzene rings is 2. The standard InChI is InChI=1S/C19H13Cl3N2OS.ClH/c20-13-3-1-12(2-4-13)18(26-16-8-5-14(21)6-9-16)19(25)24-17-10-7-15(22)11-23-17;/h1-11,18H,(H,23,24,25);1H. The number of nitrogens with zero attached hydrogens (tertiary/aromatic N) is 1. The Balaban J connectivity index is 0.00000261. The van der Waals surface area contributed by atoms with E-state index in [0.717, 1.165) is 10.5 Å². The number of aromatic nitrogens is 1. The van der Waals surface area contributed by atoms with Crippen LogP contribution in [0, 0.1) is 0 Å². The molecule has 0 aliphatic heterocycles. The van der Waals surface area contributed by atoms with Crippen LogP contribution in [0.1, 0.15) is 10.8 Å². The van der Waals surface area contributed by atoms with Crippen LogP contribution < -0.4 is 5.32 Å². The van der Waals surface area contributed by atoms with E-state index in [1.54, 1.807) is 36.4 Å². The fraction of sp³-hybridized carbons (Fsp3) is 0.0526. The quantitative estimate of drug-likeness (QED) is 0.420. The summed E-state index contributed by atoms with van der Waals surface area (Å²) in [4.78, 5) is 17.9. The maximum atomic E-state index is 12.9. The van der Waals surface area contributed by atoms with Gasteiger partial charge in [0.1, 0.15) is 11.1 Å². The lowest BCUT2D eigenvalue weighted by atomic mass is 10.1. The Hall–Kier alpha value is -1.43. The Kier molecular flexibility index (Phi) is 8.27. The van der Waals surface area contributed by atoms with Gasteiger partial charge >= 0.3 is 0 Å². The second kappa shape index (κ2) is 10.2. The van der Waals surface area contributed by atoms with Crippen LogP contribution >= 0.6 is 59.0 Å². The molecule has 1 N–H and O–H groups in total. The van der Waals surface area contributed by atoms with Gasteiger partial charge in [-0.2, -0.15) is 0 Å². The number of thioether (sulfide) groups is 1. The second-order valence-electron chi connectivity index (χ2n) is 5.35. The molecule has 1 unspecified atom stereocenters. The molecule has 3 aromatic rings. The molecule has 1 amide bonds. The first kappa shape index (κ1) is 21.9. The Labute approximate surface area is 182 Å². The van der Waals surface area contributed by atoms with Crippen LogP contribution in [0.4, 0.5) is 5.82 Å². The molecule has 2 aromatic carbocycles. The van der Waals surface area contributed by atoms with Crippen LogP contribution in [0.25, 0.3) is 0 Å². The van der Waals surface area contributed by atoms with Gasteiger partial charge in [0.25, 0.3) is 0 Å². The first-order chi connectivity index (χ1) is 12.5. The molecule has 0 bridgehead atoms. The molecule has 0 saturated carbocycles. The van der Waals surface area contributed by atoms with E-state index in [2.05, 4.69) is 10.3 Å². The van der Waals surface area contributed by atoms with Crippen molar-refractivity contribution in [3.05, 3.63) is 87.5 Å². The maximum Gasteiger partial charge on any atom is 0.243 e. The van der Waals surface area contributed by atoms with Crippen molar-refractivity contribution in [1.82, 2.24) is 4.98 Å². The first-order valence-electron chi connectivity index (χ1n) is 7.61. The van der Waals surface area contributed by atoms with E-state index in [1.165, 1.54) is 18.0 Å². The van der Waals surface area contributed by atoms with Gasteiger partial charge in [0.2, 0.25) is 5.91 Å². The molecule has 27 heavy (non-hydrogen) atoms. The topological polar surface area (TPSA) is 42.0 Å². The minimum Gasteiger partial charge on any atom is -0.309 e. The van der Waals surface area contributed by atoms with Gasteiger partial charge in [0.05, 0.1) is 5.02 Å². The van der Waals surface area contributed by atoms with E-state index in [9.17, 15) is 4.79 Å². The molecular weight excluding hydrogens is 446 g/mol. The normalized spacial score (nSPS) is 11.4. The minimum absolute atomic E-state index is 0. The molecule has 1 heterocycles. The highest BCUT2D eigenvalue weighted by atomic mass is 35.5. The molecule has 0 spiro atoms. The molecule has 3 rings (SSSR count). The molecule has 0 radical (unpaired) electrons. The molecule has 3 nitrogen and oxygen atoms in total. The van der Waals surface area contributed by atoms with Gasteiger partial charge in [0, 0.05) is 21.1 Å². The first-order valence-corrected chi connectivity index (χ1v) is 9.63. The lowest BCUT2D eigenvalue weighted by Crippen LogP contribution is -2.19. The Morgan fingerprint density at radius 3 is 1.96 bits per heavy atom. The van der Waals surface area contributed by atoms with Crippen molar-refractivity contribution in [3.8, 4) is 0 Å². The third-order valence-corrected chi connectivity index (χ3v) is 5.45. The van der Waals surface area contributed by atoms with Crippen LogP contribution in [-0.2, 0) is 4.79 Å². The molecule has 8 heteroatoms.